The lowest BCUT2D eigenvalue weighted by Crippen LogP contribution is -2.28. The standard InChI is InChI=1S/C9H16N4O/c1-3-7(6-10)12-9-11-5-4-8(13-9)14-2/h4-5,7H,3,6,10H2,1-2H3,(H,11,12,13). The van der Waals surface area contributed by atoms with Crippen LogP contribution in [0.1, 0.15) is 13.3 Å². The molecule has 0 aliphatic heterocycles. The van der Waals surface area contributed by atoms with Crippen LogP contribution in [0.5, 0.6) is 5.88 Å². The fourth-order valence-corrected chi connectivity index (χ4v) is 1.04. The van der Waals surface area contributed by atoms with E-state index in [1.54, 1.807) is 19.4 Å². The topological polar surface area (TPSA) is 73.1 Å². The predicted molar refractivity (Wildman–Crippen MR) is 55.3 cm³/mol. The lowest BCUT2D eigenvalue weighted by Gasteiger charge is -2.14. The van der Waals surface area contributed by atoms with Crippen LogP contribution in [0.15, 0.2) is 12.3 Å². The predicted octanol–water partition coefficient (Wildman–Crippen LogP) is 0.634. The summed E-state index contributed by atoms with van der Waals surface area (Å²) in [5.41, 5.74) is 5.55. The Morgan fingerprint density at radius 1 is 1.64 bits per heavy atom. The van der Waals surface area contributed by atoms with Gasteiger partial charge in [0.2, 0.25) is 11.8 Å². The van der Waals surface area contributed by atoms with Gasteiger partial charge in [-0.2, -0.15) is 4.98 Å². The maximum atomic E-state index is 5.55. The number of nitrogens with two attached hydrogens (primary N) is 1. The fraction of sp³-hybridized carbons (Fsp3) is 0.556. The molecule has 0 aliphatic rings. The molecule has 78 valence electrons. The molecule has 3 N–H and O–H groups in total. The molecule has 5 heteroatoms. The van der Waals surface area contributed by atoms with Crippen molar-refractivity contribution in [2.75, 3.05) is 19.0 Å². The van der Waals surface area contributed by atoms with Crippen molar-refractivity contribution in [3.05, 3.63) is 12.3 Å². The summed E-state index contributed by atoms with van der Waals surface area (Å²) < 4.78 is 4.98. The van der Waals surface area contributed by atoms with Crippen LogP contribution < -0.4 is 15.8 Å². The molecular weight excluding hydrogens is 180 g/mol. The number of rotatable bonds is 5. The summed E-state index contributed by atoms with van der Waals surface area (Å²) in [7, 11) is 1.58. The van der Waals surface area contributed by atoms with Gasteiger partial charge in [0.05, 0.1) is 7.11 Å². The molecule has 0 saturated carbocycles. The largest absolute Gasteiger partial charge is 0.481 e. The van der Waals surface area contributed by atoms with Gasteiger partial charge in [-0.3, -0.25) is 0 Å². The quantitative estimate of drug-likeness (QED) is 0.722. The van der Waals surface area contributed by atoms with Gasteiger partial charge in [0.1, 0.15) is 0 Å². The van der Waals surface area contributed by atoms with Crippen LogP contribution in [0.3, 0.4) is 0 Å². The average Bonchev–Trinajstić information content (AvgIpc) is 2.26. The van der Waals surface area contributed by atoms with E-state index in [4.69, 9.17) is 10.5 Å². The van der Waals surface area contributed by atoms with Gasteiger partial charge in [0, 0.05) is 24.8 Å². The molecule has 0 spiro atoms. The van der Waals surface area contributed by atoms with E-state index >= 15 is 0 Å². The second-order valence-corrected chi connectivity index (χ2v) is 2.91. The number of anilines is 1. The highest BCUT2D eigenvalue weighted by Crippen LogP contribution is 2.08. The third-order valence-electron chi connectivity index (χ3n) is 1.95. The smallest absolute Gasteiger partial charge is 0.226 e. The zero-order chi connectivity index (χ0) is 10.4. The number of nitrogens with zero attached hydrogens (tertiary/aromatic N) is 2. The van der Waals surface area contributed by atoms with E-state index in [1.807, 2.05) is 0 Å². The van der Waals surface area contributed by atoms with E-state index in [0.717, 1.165) is 6.42 Å². The molecule has 0 saturated heterocycles. The molecule has 5 nitrogen and oxygen atoms in total. The van der Waals surface area contributed by atoms with E-state index in [-0.39, 0.29) is 6.04 Å². The summed E-state index contributed by atoms with van der Waals surface area (Å²) in [5.74, 6) is 1.11. The number of aromatic nitrogens is 2. The lowest BCUT2D eigenvalue weighted by atomic mass is 10.2. The molecule has 0 radical (unpaired) electrons. The molecule has 0 bridgehead atoms. The Morgan fingerprint density at radius 3 is 3.00 bits per heavy atom. The highest BCUT2D eigenvalue weighted by Gasteiger charge is 2.05. The Bertz CT molecular complexity index is 275. The van der Waals surface area contributed by atoms with Gasteiger partial charge in [-0.25, -0.2) is 4.98 Å². The second-order valence-electron chi connectivity index (χ2n) is 2.91. The highest BCUT2D eigenvalue weighted by molar-refractivity contribution is 5.28. The normalized spacial score (nSPS) is 12.2. The monoisotopic (exact) mass is 196 g/mol. The van der Waals surface area contributed by atoms with Gasteiger partial charge in [-0.05, 0) is 6.42 Å². The van der Waals surface area contributed by atoms with Crippen molar-refractivity contribution in [3.63, 3.8) is 0 Å². The van der Waals surface area contributed by atoms with Crippen molar-refractivity contribution in [2.24, 2.45) is 5.73 Å². The minimum Gasteiger partial charge on any atom is -0.481 e. The SMILES string of the molecule is CCC(CN)Nc1nccc(OC)n1. The Kier molecular flexibility index (Phi) is 4.12. The molecule has 0 aromatic carbocycles. The summed E-state index contributed by atoms with van der Waals surface area (Å²) >= 11 is 0. The zero-order valence-electron chi connectivity index (χ0n) is 8.53. The zero-order valence-corrected chi connectivity index (χ0v) is 8.53. The third kappa shape index (κ3) is 2.85. The van der Waals surface area contributed by atoms with Crippen molar-refractivity contribution in [1.29, 1.82) is 0 Å². The van der Waals surface area contributed by atoms with Crippen LogP contribution in [0.4, 0.5) is 5.95 Å². The summed E-state index contributed by atoms with van der Waals surface area (Å²) in [6.45, 7) is 2.63. The van der Waals surface area contributed by atoms with Crippen molar-refractivity contribution in [1.82, 2.24) is 9.97 Å². The number of methoxy groups -OCH3 is 1. The van der Waals surface area contributed by atoms with E-state index in [1.165, 1.54) is 0 Å². The molecule has 14 heavy (non-hydrogen) atoms. The van der Waals surface area contributed by atoms with Gasteiger partial charge in [0.15, 0.2) is 0 Å². The molecule has 1 aromatic heterocycles. The Labute approximate surface area is 83.7 Å². The number of hydrogen-bond donors (Lipinski definition) is 2. The summed E-state index contributed by atoms with van der Waals surface area (Å²) in [4.78, 5) is 8.19. The van der Waals surface area contributed by atoms with Crippen LogP contribution in [-0.2, 0) is 0 Å². The first-order valence-corrected chi connectivity index (χ1v) is 4.63. The van der Waals surface area contributed by atoms with E-state index in [2.05, 4.69) is 22.2 Å². The fourth-order valence-electron chi connectivity index (χ4n) is 1.04. The second kappa shape index (κ2) is 5.39. The van der Waals surface area contributed by atoms with Crippen molar-refractivity contribution < 1.29 is 4.74 Å². The van der Waals surface area contributed by atoms with Crippen molar-refractivity contribution in [3.8, 4) is 5.88 Å². The highest BCUT2D eigenvalue weighted by atomic mass is 16.5. The summed E-state index contributed by atoms with van der Waals surface area (Å²) in [6, 6.07) is 1.91. The van der Waals surface area contributed by atoms with Crippen LogP contribution in [0.2, 0.25) is 0 Å². The molecule has 1 rings (SSSR count). The maximum absolute atomic E-state index is 5.55. The Morgan fingerprint density at radius 2 is 2.43 bits per heavy atom. The first kappa shape index (κ1) is 10.7. The first-order chi connectivity index (χ1) is 6.80. The van der Waals surface area contributed by atoms with Gasteiger partial charge in [-0.1, -0.05) is 6.92 Å². The minimum atomic E-state index is 0.210. The molecule has 0 fully saturated rings. The molecule has 1 aromatic rings. The summed E-state index contributed by atoms with van der Waals surface area (Å²) in [5, 5.41) is 3.13. The molecule has 1 atom stereocenters. The Balaban J connectivity index is 2.65. The summed E-state index contributed by atoms with van der Waals surface area (Å²) in [6.07, 6.45) is 2.59. The maximum Gasteiger partial charge on any atom is 0.226 e. The van der Waals surface area contributed by atoms with Gasteiger partial charge in [-0.15, -0.1) is 0 Å². The Hall–Kier alpha value is -1.36. The molecule has 1 unspecified atom stereocenters. The first-order valence-electron chi connectivity index (χ1n) is 4.63. The van der Waals surface area contributed by atoms with Crippen LogP contribution >= 0.6 is 0 Å². The molecule has 0 amide bonds. The number of ether oxygens (including phenoxy) is 1. The van der Waals surface area contributed by atoms with E-state index in [9.17, 15) is 0 Å². The van der Waals surface area contributed by atoms with Gasteiger partial charge >= 0.3 is 0 Å². The van der Waals surface area contributed by atoms with Crippen LogP contribution in [0.25, 0.3) is 0 Å². The number of hydrogen-bond acceptors (Lipinski definition) is 5. The van der Waals surface area contributed by atoms with Crippen molar-refractivity contribution in [2.45, 2.75) is 19.4 Å². The third-order valence-corrected chi connectivity index (χ3v) is 1.95. The molecular formula is C9H16N4O. The molecule has 1 heterocycles. The van der Waals surface area contributed by atoms with E-state index in [0.29, 0.717) is 18.4 Å². The van der Waals surface area contributed by atoms with E-state index < -0.39 is 0 Å². The van der Waals surface area contributed by atoms with Gasteiger partial charge < -0.3 is 15.8 Å². The molecule has 0 aliphatic carbocycles. The average molecular weight is 196 g/mol. The minimum absolute atomic E-state index is 0.210. The van der Waals surface area contributed by atoms with Crippen molar-refractivity contribution >= 4 is 5.95 Å². The number of nitrogens with one attached hydrogen (secondary N) is 1. The van der Waals surface area contributed by atoms with Crippen LogP contribution in [-0.4, -0.2) is 29.7 Å². The lowest BCUT2D eigenvalue weighted by molar-refractivity contribution is 0.397. The van der Waals surface area contributed by atoms with Gasteiger partial charge in [0.25, 0.3) is 0 Å². The van der Waals surface area contributed by atoms with Crippen LogP contribution in [0, 0.1) is 0 Å².